The lowest BCUT2D eigenvalue weighted by atomic mass is 9.81. The maximum atomic E-state index is 12.6. The Bertz CT molecular complexity index is 679. The second-order valence-electron chi connectivity index (χ2n) is 6.38. The molecule has 1 amide bonds. The average molecular weight is 291 g/mol. The van der Waals surface area contributed by atoms with Crippen molar-refractivity contribution in [1.82, 2.24) is 4.90 Å². The van der Waals surface area contributed by atoms with Gasteiger partial charge in [-0.15, -0.1) is 0 Å². The van der Waals surface area contributed by atoms with Crippen molar-refractivity contribution in [3.8, 4) is 0 Å². The third-order valence-electron chi connectivity index (χ3n) is 5.15. The minimum atomic E-state index is 0.287. The fraction of sp³-hybridized carbons (Fsp3) is 0.350. The van der Waals surface area contributed by atoms with Gasteiger partial charge in [0, 0.05) is 18.9 Å². The van der Waals surface area contributed by atoms with E-state index in [-0.39, 0.29) is 6.04 Å². The molecule has 2 atom stereocenters. The second-order valence-corrected chi connectivity index (χ2v) is 6.38. The maximum Gasteiger partial charge on any atom is 0.223 e. The molecule has 2 heterocycles. The Balaban J connectivity index is 1.84. The molecule has 2 heteroatoms. The van der Waals surface area contributed by atoms with Crippen molar-refractivity contribution in [3.63, 3.8) is 0 Å². The highest BCUT2D eigenvalue weighted by atomic mass is 16.2. The molecule has 0 unspecified atom stereocenters. The summed E-state index contributed by atoms with van der Waals surface area (Å²) in [6, 6.07) is 19.7. The van der Waals surface area contributed by atoms with Crippen LogP contribution in [-0.2, 0) is 4.79 Å². The van der Waals surface area contributed by atoms with Gasteiger partial charge in [-0.25, -0.2) is 0 Å². The zero-order chi connectivity index (χ0) is 14.9. The first-order valence-corrected chi connectivity index (χ1v) is 8.28. The zero-order valence-corrected chi connectivity index (χ0v) is 12.7. The predicted octanol–water partition coefficient (Wildman–Crippen LogP) is 4.28. The number of carbonyl (C=O) groups excluding carboxylic acids is 1. The molecule has 22 heavy (non-hydrogen) atoms. The third-order valence-corrected chi connectivity index (χ3v) is 5.15. The number of nitrogens with zero attached hydrogens (tertiary/aromatic N) is 1. The van der Waals surface area contributed by atoms with Crippen molar-refractivity contribution in [2.24, 2.45) is 0 Å². The van der Waals surface area contributed by atoms with Crippen LogP contribution in [0.3, 0.4) is 0 Å². The SMILES string of the molecule is O=C1CC[C@H](c2ccccc2)c2ccccc2[C@H]2CCCN12. The first-order valence-electron chi connectivity index (χ1n) is 8.28. The lowest BCUT2D eigenvalue weighted by molar-refractivity contribution is -0.132. The molecular weight excluding hydrogens is 270 g/mol. The van der Waals surface area contributed by atoms with Crippen molar-refractivity contribution < 1.29 is 4.79 Å². The molecule has 1 saturated heterocycles. The van der Waals surface area contributed by atoms with Crippen molar-refractivity contribution in [2.45, 2.75) is 37.6 Å². The van der Waals surface area contributed by atoms with Crippen molar-refractivity contribution in [1.29, 1.82) is 0 Å². The maximum absolute atomic E-state index is 12.6. The van der Waals surface area contributed by atoms with E-state index in [0.29, 0.717) is 18.2 Å². The van der Waals surface area contributed by atoms with Gasteiger partial charge in [-0.3, -0.25) is 4.79 Å². The lowest BCUT2D eigenvalue weighted by Crippen LogP contribution is -2.33. The molecule has 1 fully saturated rings. The molecule has 2 aromatic rings. The van der Waals surface area contributed by atoms with Gasteiger partial charge in [0.15, 0.2) is 0 Å². The average Bonchev–Trinajstić information content (AvgIpc) is 3.04. The molecule has 0 spiro atoms. The molecule has 2 aromatic carbocycles. The van der Waals surface area contributed by atoms with E-state index in [4.69, 9.17) is 0 Å². The summed E-state index contributed by atoms with van der Waals surface area (Å²) in [6.07, 6.45) is 3.79. The van der Waals surface area contributed by atoms with Gasteiger partial charge in [0.1, 0.15) is 0 Å². The summed E-state index contributed by atoms with van der Waals surface area (Å²) in [5.74, 6) is 0.669. The number of hydrogen-bond donors (Lipinski definition) is 0. The highest BCUT2D eigenvalue weighted by Gasteiger charge is 2.34. The molecule has 0 bridgehead atoms. The fourth-order valence-corrected chi connectivity index (χ4v) is 4.12. The van der Waals surface area contributed by atoms with Gasteiger partial charge in [0.05, 0.1) is 6.04 Å². The van der Waals surface area contributed by atoms with Crippen LogP contribution in [0.1, 0.15) is 54.3 Å². The molecule has 0 aliphatic carbocycles. The molecule has 0 N–H and O–H groups in total. The normalized spacial score (nSPS) is 24.4. The van der Waals surface area contributed by atoms with E-state index in [1.54, 1.807) is 0 Å². The van der Waals surface area contributed by atoms with E-state index >= 15 is 0 Å². The Kier molecular flexibility index (Phi) is 3.45. The van der Waals surface area contributed by atoms with Crippen molar-refractivity contribution >= 4 is 5.91 Å². The van der Waals surface area contributed by atoms with E-state index in [0.717, 1.165) is 25.8 Å². The molecule has 0 aromatic heterocycles. The summed E-state index contributed by atoms with van der Waals surface area (Å²) < 4.78 is 0. The van der Waals surface area contributed by atoms with Crippen molar-refractivity contribution in [2.75, 3.05) is 6.54 Å². The Labute approximate surface area is 131 Å². The van der Waals surface area contributed by atoms with Gasteiger partial charge >= 0.3 is 0 Å². The smallest absolute Gasteiger partial charge is 0.223 e. The number of rotatable bonds is 1. The van der Waals surface area contributed by atoms with Crippen LogP contribution in [0.15, 0.2) is 54.6 Å². The highest BCUT2D eigenvalue weighted by molar-refractivity contribution is 5.77. The number of hydrogen-bond acceptors (Lipinski definition) is 1. The molecule has 0 saturated carbocycles. The lowest BCUT2D eigenvalue weighted by Gasteiger charge is -2.32. The highest BCUT2D eigenvalue weighted by Crippen LogP contribution is 2.42. The molecule has 2 nitrogen and oxygen atoms in total. The summed E-state index contributed by atoms with van der Waals surface area (Å²) in [5.41, 5.74) is 4.11. The Morgan fingerprint density at radius 1 is 0.864 bits per heavy atom. The summed E-state index contributed by atoms with van der Waals surface area (Å²) >= 11 is 0. The Morgan fingerprint density at radius 2 is 1.59 bits per heavy atom. The van der Waals surface area contributed by atoms with Crippen LogP contribution >= 0.6 is 0 Å². The van der Waals surface area contributed by atoms with Gasteiger partial charge in [-0.1, -0.05) is 54.6 Å². The first-order chi connectivity index (χ1) is 10.8. The van der Waals surface area contributed by atoms with Crippen LogP contribution in [0.25, 0.3) is 0 Å². The quantitative estimate of drug-likeness (QED) is 0.768. The van der Waals surface area contributed by atoms with Gasteiger partial charge in [-0.2, -0.15) is 0 Å². The van der Waals surface area contributed by atoms with Crippen LogP contribution in [0.2, 0.25) is 0 Å². The van der Waals surface area contributed by atoms with Gasteiger partial charge < -0.3 is 4.90 Å². The molecular formula is C20H21NO. The van der Waals surface area contributed by atoms with Crippen molar-refractivity contribution in [3.05, 3.63) is 71.3 Å². The van der Waals surface area contributed by atoms with Gasteiger partial charge in [-0.05, 0) is 36.0 Å². The first kappa shape index (κ1) is 13.6. The summed E-state index contributed by atoms with van der Waals surface area (Å²) in [7, 11) is 0. The monoisotopic (exact) mass is 291 g/mol. The molecule has 2 aliphatic heterocycles. The Hall–Kier alpha value is -2.09. The van der Waals surface area contributed by atoms with Crippen LogP contribution in [0, 0.1) is 0 Å². The summed E-state index contributed by atoms with van der Waals surface area (Å²) in [4.78, 5) is 14.7. The van der Waals surface area contributed by atoms with E-state index in [1.165, 1.54) is 16.7 Å². The predicted molar refractivity (Wildman–Crippen MR) is 87.6 cm³/mol. The van der Waals surface area contributed by atoms with E-state index in [2.05, 4.69) is 59.5 Å². The van der Waals surface area contributed by atoms with E-state index in [9.17, 15) is 4.79 Å². The van der Waals surface area contributed by atoms with Crippen LogP contribution in [0.4, 0.5) is 0 Å². The zero-order valence-electron chi connectivity index (χ0n) is 12.7. The summed E-state index contributed by atoms with van der Waals surface area (Å²) in [5, 5.41) is 0. The minimum Gasteiger partial charge on any atom is -0.336 e. The number of fused-ring (bicyclic) bond motifs is 3. The number of amides is 1. The van der Waals surface area contributed by atoms with E-state index < -0.39 is 0 Å². The molecule has 112 valence electrons. The van der Waals surface area contributed by atoms with Gasteiger partial charge in [0.2, 0.25) is 5.91 Å². The van der Waals surface area contributed by atoms with E-state index in [1.807, 2.05) is 0 Å². The number of benzene rings is 2. The number of carbonyl (C=O) groups is 1. The molecule has 0 radical (unpaired) electrons. The minimum absolute atomic E-state index is 0.287. The van der Waals surface area contributed by atoms with Crippen LogP contribution in [0.5, 0.6) is 0 Å². The Morgan fingerprint density at radius 3 is 2.41 bits per heavy atom. The second kappa shape index (κ2) is 5.60. The summed E-state index contributed by atoms with van der Waals surface area (Å²) in [6.45, 7) is 0.924. The third kappa shape index (κ3) is 2.23. The fourth-order valence-electron chi connectivity index (χ4n) is 4.12. The van der Waals surface area contributed by atoms with Crippen LogP contribution in [-0.4, -0.2) is 17.4 Å². The molecule has 2 aliphatic rings. The standard InChI is InChI=1S/C20H21NO/c22-20-13-12-16(15-7-2-1-3-8-15)17-9-4-5-10-18(17)19-11-6-14-21(19)20/h1-5,7-10,16,19H,6,11-14H2/t16-,19-/m1/s1. The van der Waals surface area contributed by atoms with Crippen LogP contribution < -0.4 is 0 Å². The molecule has 4 rings (SSSR count). The topological polar surface area (TPSA) is 20.3 Å². The largest absolute Gasteiger partial charge is 0.336 e. The van der Waals surface area contributed by atoms with Gasteiger partial charge in [0.25, 0.3) is 0 Å².